The van der Waals surface area contributed by atoms with E-state index < -0.39 is 10.0 Å². The van der Waals surface area contributed by atoms with E-state index in [-0.39, 0.29) is 11.9 Å². The van der Waals surface area contributed by atoms with Crippen LogP contribution in [0.2, 0.25) is 0 Å². The van der Waals surface area contributed by atoms with Crippen molar-refractivity contribution in [1.82, 2.24) is 24.6 Å². The summed E-state index contributed by atoms with van der Waals surface area (Å²) >= 11 is 0. The lowest BCUT2D eigenvalue weighted by atomic mass is 9.99. The lowest BCUT2D eigenvalue weighted by molar-refractivity contribution is 0.0929. The molecule has 0 bridgehead atoms. The topological polar surface area (TPSA) is 97.2 Å². The summed E-state index contributed by atoms with van der Waals surface area (Å²) in [7, 11) is -3.23. The minimum Gasteiger partial charge on any atom is -0.348 e. The number of nitrogens with zero attached hydrogens (tertiary/aromatic N) is 4. The monoisotopic (exact) mass is 405 g/mol. The molecular weight excluding hydrogens is 378 g/mol. The molecule has 152 valence electrons. The fraction of sp³-hybridized carbons (Fsp3) is 0.526. The van der Waals surface area contributed by atoms with Crippen molar-refractivity contribution >= 4 is 15.9 Å². The predicted octanol–water partition coefficient (Wildman–Crippen LogP) is 1.81. The van der Waals surface area contributed by atoms with Gasteiger partial charge in [-0.25, -0.2) is 13.1 Å². The van der Waals surface area contributed by atoms with Crippen LogP contribution in [0.5, 0.6) is 0 Å². The van der Waals surface area contributed by atoms with Crippen LogP contribution in [0.25, 0.3) is 5.69 Å². The average Bonchev–Trinajstić information content (AvgIpc) is 3.05. The van der Waals surface area contributed by atoms with Gasteiger partial charge in [0.1, 0.15) is 0 Å². The molecule has 2 heterocycles. The maximum atomic E-state index is 12.6. The standard InChI is InChI=1S/C19H27N5O3S/c1-5-15(6-2)20-19(25)18-13(3)24(22-21-18)17-9-7-8-14-12-23(28(4,26)27)11-10-16(14)17/h7-9,15H,5-6,10-12H2,1-4H3,(H,20,25). The predicted molar refractivity (Wildman–Crippen MR) is 107 cm³/mol. The van der Waals surface area contributed by atoms with Gasteiger partial charge in [-0.3, -0.25) is 4.79 Å². The molecule has 3 rings (SSSR count). The molecule has 1 aliphatic rings. The van der Waals surface area contributed by atoms with Crippen LogP contribution >= 0.6 is 0 Å². The first-order valence-corrected chi connectivity index (χ1v) is 11.4. The Balaban J connectivity index is 1.92. The quantitative estimate of drug-likeness (QED) is 0.791. The Morgan fingerprint density at radius 2 is 2.00 bits per heavy atom. The van der Waals surface area contributed by atoms with E-state index in [9.17, 15) is 13.2 Å². The highest BCUT2D eigenvalue weighted by Gasteiger charge is 2.26. The van der Waals surface area contributed by atoms with Crippen molar-refractivity contribution in [2.45, 2.75) is 52.6 Å². The second-order valence-corrected chi connectivity index (χ2v) is 9.17. The molecule has 2 aromatic rings. The second kappa shape index (κ2) is 8.00. The number of carbonyl (C=O) groups is 1. The summed E-state index contributed by atoms with van der Waals surface area (Å²) in [5, 5.41) is 11.3. The van der Waals surface area contributed by atoms with E-state index >= 15 is 0 Å². The van der Waals surface area contributed by atoms with Crippen molar-refractivity contribution in [3.63, 3.8) is 0 Å². The summed E-state index contributed by atoms with van der Waals surface area (Å²) in [6, 6.07) is 5.86. The Morgan fingerprint density at radius 1 is 1.29 bits per heavy atom. The zero-order valence-corrected chi connectivity index (χ0v) is 17.6. The SMILES string of the molecule is CCC(CC)NC(=O)c1nnn(-c2cccc3c2CCN(S(C)(=O)=O)C3)c1C. The van der Waals surface area contributed by atoms with Gasteiger partial charge in [0, 0.05) is 19.1 Å². The number of benzene rings is 1. The van der Waals surface area contributed by atoms with Gasteiger partial charge < -0.3 is 5.32 Å². The molecular formula is C19H27N5O3S. The van der Waals surface area contributed by atoms with Crippen LogP contribution in [0.15, 0.2) is 18.2 Å². The van der Waals surface area contributed by atoms with E-state index in [2.05, 4.69) is 15.6 Å². The molecule has 0 saturated heterocycles. The molecule has 0 spiro atoms. The molecule has 1 aliphatic heterocycles. The molecule has 1 N–H and O–H groups in total. The third kappa shape index (κ3) is 3.95. The molecule has 1 amide bonds. The smallest absolute Gasteiger partial charge is 0.273 e. The second-order valence-electron chi connectivity index (χ2n) is 7.18. The molecule has 8 nitrogen and oxygen atoms in total. The summed E-state index contributed by atoms with van der Waals surface area (Å²) in [6.45, 7) is 6.67. The lowest BCUT2D eigenvalue weighted by Crippen LogP contribution is -2.35. The minimum absolute atomic E-state index is 0.114. The van der Waals surface area contributed by atoms with Gasteiger partial charge in [-0.05, 0) is 43.4 Å². The number of hydrogen-bond acceptors (Lipinski definition) is 5. The van der Waals surface area contributed by atoms with Crippen molar-refractivity contribution in [2.75, 3.05) is 12.8 Å². The van der Waals surface area contributed by atoms with Crippen molar-refractivity contribution in [1.29, 1.82) is 0 Å². The highest BCUT2D eigenvalue weighted by molar-refractivity contribution is 7.88. The van der Waals surface area contributed by atoms with Crippen LogP contribution in [-0.4, -0.2) is 52.5 Å². The Morgan fingerprint density at radius 3 is 2.64 bits per heavy atom. The number of nitrogens with one attached hydrogen (secondary N) is 1. The molecule has 0 atom stereocenters. The average molecular weight is 406 g/mol. The van der Waals surface area contributed by atoms with Crippen LogP contribution in [0.1, 0.15) is 54.0 Å². The third-order valence-electron chi connectivity index (χ3n) is 5.33. The summed E-state index contributed by atoms with van der Waals surface area (Å²) in [5.74, 6) is -0.217. The molecule has 28 heavy (non-hydrogen) atoms. The van der Waals surface area contributed by atoms with Gasteiger partial charge in [-0.1, -0.05) is 31.2 Å². The first kappa shape index (κ1) is 20.5. The van der Waals surface area contributed by atoms with Gasteiger partial charge in [-0.2, -0.15) is 4.31 Å². The summed E-state index contributed by atoms with van der Waals surface area (Å²) < 4.78 is 26.9. The van der Waals surface area contributed by atoms with Gasteiger partial charge >= 0.3 is 0 Å². The molecule has 0 radical (unpaired) electrons. The van der Waals surface area contributed by atoms with Gasteiger partial charge in [-0.15, -0.1) is 5.10 Å². The van der Waals surface area contributed by atoms with Gasteiger partial charge in [0.2, 0.25) is 10.0 Å². The molecule has 0 unspecified atom stereocenters. The first-order valence-electron chi connectivity index (χ1n) is 9.55. The maximum Gasteiger partial charge on any atom is 0.273 e. The first-order chi connectivity index (χ1) is 13.3. The highest BCUT2D eigenvalue weighted by Crippen LogP contribution is 2.27. The fourth-order valence-corrected chi connectivity index (χ4v) is 4.36. The Kier molecular flexibility index (Phi) is 5.85. The van der Waals surface area contributed by atoms with E-state index in [4.69, 9.17) is 0 Å². The van der Waals surface area contributed by atoms with Gasteiger partial charge in [0.25, 0.3) is 5.91 Å². The Hall–Kier alpha value is -2.26. The van der Waals surface area contributed by atoms with Crippen molar-refractivity contribution in [3.8, 4) is 5.69 Å². The van der Waals surface area contributed by atoms with Gasteiger partial charge in [0.15, 0.2) is 5.69 Å². The van der Waals surface area contributed by atoms with E-state index in [0.29, 0.717) is 30.9 Å². The van der Waals surface area contributed by atoms with E-state index in [0.717, 1.165) is 29.7 Å². The van der Waals surface area contributed by atoms with Crippen LogP contribution in [0, 0.1) is 6.92 Å². The Labute approximate surface area is 166 Å². The molecule has 9 heteroatoms. The fourth-order valence-electron chi connectivity index (χ4n) is 3.56. The van der Waals surface area contributed by atoms with Crippen LogP contribution in [-0.2, 0) is 23.0 Å². The maximum absolute atomic E-state index is 12.6. The van der Waals surface area contributed by atoms with E-state index in [1.165, 1.54) is 10.6 Å². The van der Waals surface area contributed by atoms with Crippen molar-refractivity contribution < 1.29 is 13.2 Å². The normalized spacial score (nSPS) is 14.9. The number of rotatable bonds is 6. The number of sulfonamides is 1. The number of fused-ring (bicyclic) bond motifs is 1. The molecule has 1 aromatic carbocycles. The molecule has 0 fully saturated rings. The summed E-state index contributed by atoms with van der Waals surface area (Å²) in [4.78, 5) is 12.6. The molecule has 1 aromatic heterocycles. The third-order valence-corrected chi connectivity index (χ3v) is 6.58. The zero-order chi connectivity index (χ0) is 20.5. The highest BCUT2D eigenvalue weighted by atomic mass is 32.2. The number of carbonyl (C=O) groups excluding carboxylic acids is 1. The van der Waals surface area contributed by atoms with Crippen LogP contribution < -0.4 is 5.32 Å². The van der Waals surface area contributed by atoms with Crippen LogP contribution in [0.3, 0.4) is 0 Å². The summed E-state index contributed by atoms with van der Waals surface area (Å²) in [5.41, 5.74) is 3.83. The molecule has 0 saturated carbocycles. The van der Waals surface area contributed by atoms with Gasteiger partial charge in [0.05, 0.1) is 17.6 Å². The molecule has 0 aliphatic carbocycles. The van der Waals surface area contributed by atoms with Crippen LogP contribution in [0.4, 0.5) is 0 Å². The number of hydrogen-bond donors (Lipinski definition) is 1. The zero-order valence-electron chi connectivity index (χ0n) is 16.8. The lowest BCUT2D eigenvalue weighted by Gasteiger charge is -2.28. The summed E-state index contributed by atoms with van der Waals surface area (Å²) in [6.07, 6.45) is 3.54. The van der Waals surface area contributed by atoms with E-state index in [1.54, 1.807) is 4.68 Å². The van der Waals surface area contributed by atoms with E-state index in [1.807, 2.05) is 39.0 Å². The largest absolute Gasteiger partial charge is 0.348 e. The minimum atomic E-state index is -3.23. The number of amides is 1. The Bertz CT molecular complexity index is 979. The number of aromatic nitrogens is 3. The van der Waals surface area contributed by atoms with Crippen molar-refractivity contribution in [3.05, 3.63) is 40.7 Å². The van der Waals surface area contributed by atoms with Crippen molar-refractivity contribution in [2.24, 2.45) is 0 Å².